The molecule has 0 atom stereocenters. The predicted molar refractivity (Wildman–Crippen MR) is 114 cm³/mol. The zero-order valence-corrected chi connectivity index (χ0v) is 17.0. The molecule has 2 aromatic carbocycles. The van der Waals surface area contributed by atoms with Gasteiger partial charge in [-0.1, -0.05) is 35.5 Å². The van der Waals surface area contributed by atoms with Crippen molar-refractivity contribution in [1.82, 2.24) is 0 Å². The Balaban J connectivity index is 1.65. The number of rotatable bonds is 5. The van der Waals surface area contributed by atoms with E-state index in [0.717, 1.165) is 16.8 Å². The number of thioether (sulfide) groups is 1. The summed E-state index contributed by atoms with van der Waals surface area (Å²) < 4.78 is 10.7. The molecule has 0 bridgehead atoms. The average molecular weight is 408 g/mol. The van der Waals surface area contributed by atoms with Gasteiger partial charge in [-0.3, -0.25) is 14.5 Å². The molecular weight excluding hydrogens is 388 g/mol. The van der Waals surface area contributed by atoms with E-state index in [0.29, 0.717) is 34.5 Å². The quantitative estimate of drug-likeness (QED) is 0.695. The molecule has 0 unspecified atom stereocenters. The molecule has 0 radical (unpaired) electrons. The number of carbonyl (C=O) groups excluding carboxylic acids is 2. The highest BCUT2D eigenvalue weighted by Gasteiger charge is 2.32. The number of nitrogens with zero attached hydrogens (tertiary/aromatic N) is 2. The highest BCUT2D eigenvalue weighted by Crippen LogP contribution is 2.34. The predicted octanol–water partition coefficient (Wildman–Crippen LogP) is 4.18. The van der Waals surface area contributed by atoms with Crippen LogP contribution in [0.25, 0.3) is 6.08 Å². The minimum absolute atomic E-state index is 0.112. The fourth-order valence-electron chi connectivity index (χ4n) is 2.96. The van der Waals surface area contributed by atoms with Crippen LogP contribution in [-0.4, -0.2) is 29.4 Å². The Bertz CT molecular complexity index is 1030. The number of aryl methyl sites for hydroxylation is 1. The van der Waals surface area contributed by atoms with Gasteiger partial charge in [-0.2, -0.15) is 0 Å². The van der Waals surface area contributed by atoms with Crippen LogP contribution in [0.2, 0.25) is 0 Å². The van der Waals surface area contributed by atoms with Gasteiger partial charge in [0.05, 0.1) is 5.69 Å². The summed E-state index contributed by atoms with van der Waals surface area (Å²) in [4.78, 5) is 30.6. The summed E-state index contributed by atoms with van der Waals surface area (Å²) in [7, 11) is 0. The number of amidine groups is 1. The van der Waals surface area contributed by atoms with Gasteiger partial charge in [0.1, 0.15) is 11.5 Å². The number of hydrogen-bond donors (Lipinski definition) is 0. The summed E-state index contributed by atoms with van der Waals surface area (Å²) >= 11 is 1.41. The molecule has 0 spiro atoms. The number of hydrogen-bond acceptors (Lipinski definition) is 6. The van der Waals surface area contributed by atoms with Crippen LogP contribution in [0.5, 0.6) is 11.5 Å². The number of benzene rings is 2. The number of amides is 1. The molecule has 0 fully saturated rings. The summed E-state index contributed by atoms with van der Waals surface area (Å²) in [6.45, 7) is 3.76. The second-order valence-electron chi connectivity index (χ2n) is 6.81. The Morgan fingerprint density at radius 1 is 1.17 bits per heavy atom. The molecular formula is C22H20N2O4S. The van der Waals surface area contributed by atoms with E-state index in [1.54, 1.807) is 17.9 Å². The van der Waals surface area contributed by atoms with E-state index in [4.69, 9.17) is 9.47 Å². The Kier molecular flexibility index (Phi) is 5.40. The van der Waals surface area contributed by atoms with Crippen LogP contribution in [-0.2, 0) is 9.59 Å². The van der Waals surface area contributed by atoms with Crippen molar-refractivity contribution in [2.75, 3.05) is 17.4 Å². The Labute approximate surface area is 173 Å². The van der Waals surface area contributed by atoms with Gasteiger partial charge in [0.2, 0.25) is 6.79 Å². The van der Waals surface area contributed by atoms with Gasteiger partial charge in [-0.05, 0) is 49.8 Å². The molecule has 2 aliphatic heterocycles. The van der Waals surface area contributed by atoms with E-state index in [1.807, 2.05) is 49.4 Å². The van der Waals surface area contributed by atoms with Crippen LogP contribution < -0.4 is 14.4 Å². The van der Waals surface area contributed by atoms with E-state index in [1.165, 1.54) is 11.8 Å². The van der Waals surface area contributed by atoms with Gasteiger partial charge in [-0.15, -0.1) is 0 Å². The van der Waals surface area contributed by atoms with Crippen LogP contribution in [0.4, 0.5) is 5.69 Å². The molecule has 2 aliphatic rings. The molecule has 2 aromatic rings. The number of aliphatic imine (C=N–C) groups is 1. The maximum atomic E-state index is 13.1. The molecule has 0 saturated heterocycles. The number of ether oxygens (including phenoxy) is 2. The van der Waals surface area contributed by atoms with E-state index in [9.17, 15) is 9.59 Å². The summed E-state index contributed by atoms with van der Waals surface area (Å²) in [5, 5.41) is 0.576. The first kappa shape index (κ1) is 19.3. The lowest BCUT2D eigenvalue weighted by Gasteiger charge is -2.17. The van der Waals surface area contributed by atoms with Crippen molar-refractivity contribution in [1.29, 1.82) is 0 Å². The normalized spacial score (nSPS) is 16.5. The van der Waals surface area contributed by atoms with Crippen molar-refractivity contribution < 1.29 is 19.1 Å². The smallest absolute Gasteiger partial charge is 0.283 e. The molecule has 6 nitrogen and oxygen atoms in total. The third-order valence-electron chi connectivity index (χ3n) is 4.51. The van der Waals surface area contributed by atoms with Gasteiger partial charge in [0.25, 0.3) is 5.91 Å². The first-order chi connectivity index (χ1) is 14.0. The Hall–Kier alpha value is -3.06. The van der Waals surface area contributed by atoms with Gasteiger partial charge < -0.3 is 9.47 Å². The van der Waals surface area contributed by atoms with Crippen molar-refractivity contribution in [3.05, 3.63) is 59.3 Å². The molecule has 148 valence electrons. The maximum Gasteiger partial charge on any atom is 0.283 e. The minimum Gasteiger partial charge on any atom is -0.454 e. The van der Waals surface area contributed by atoms with Crippen molar-refractivity contribution in [2.24, 2.45) is 4.99 Å². The first-order valence-electron chi connectivity index (χ1n) is 9.24. The van der Waals surface area contributed by atoms with Crippen LogP contribution in [0.1, 0.15) is 24.5 Å². The largest absolute Gasteiger partial charge is 0.454 e. The lowest BCUT2D eigenvalue weighted by atomic mass is 10.1. The third kappa shape index (κ3) is 4.19. The highest BCUT2D eigenvalue weighted by atomic mass is 32.2. The van der Waals surface area contributed by atoms with Crippen molar-refractivity contribution in [2.45, 2.75) is 20.3 Å². The summed E-state index contributed by atoms with van der Waals surface area (Å²) in [5.74, 6) is 1.83. The minimum atomic E-state index is -0.197. The van der Waals surface area contributed by atoms with E-state index >= 15 is 0 Å². The van der Waals surface area contributed by atoms with E-state index in [2.05, 4.69) is 4.99 Å². The fourth-order valence-corrected chi connectivity index (χ4v) is 4.01. The monoisotopic (exact) mass is 408 g/mol. The number of Topliss-reactive ketones (excluding diaryl/α,β-unsaturated/α-hetero) is 1. The molecule has 0 N–H and O–H groups in total. The van der Waals surface area contributed by atoms with Crippen molar-refractivity contribution in [3.8, 4) is 11.5 Å². The first-order valence-corrected chi connectivity index (χ1v) is 10.2. The number of carbonyl (C=O) groups is 2. The topological polar surface area (TPSA) is 68.2 Å². The van der Waals surface area contributed by atoms with Crippen LogP contribution in [0, 0.1) is 6.92 Å². The second kappa shape index (κ2) is 8.13. The number of fused-ring (bicyclic) bond motifs is 1. The Morgan fingerprint density at radius 3 is 2.69 bits per heavy atom. The number of anilines is 1. The van der Waals surface area contributed by atoms with Crippen LogP contribution >= 0.6 is 11.8 Å². The molecule has 2 heterocycles. The Morgan fingerprint density at radius 2 is 1.93 bits per heavy atom. The third-order valence-corrected chi connectivity index (χ3v) is 5.45. The van der Waals surface area contributed by atoms with Gasteiger partial charge in [-0.25, -0.2) is 4.99 Å². The SMILES string of the molecule is CC(=O)CCSC1=N/C(=C\c2ccc3c(c2)OCO3)C(=O)N1c1ccc(C)cc1. The van der Waals surface area contributed by atoms with Crippen LogP contribution in [0.3, 0.4) is 0 Å². The number of ketones is 1. The van der Waals surface area contributed by atoms with Gasteiger partial charge >= 0.3 is 0 Å². The van der Waals surface area contributed by atoms with Crippen molar-refractivity contribution >= 4 is 40.4 Å². The second-order valence-corrected chi connectivity index (χ2v) is 7.88. The zero-order valence-electron chi connectivity index (χ0n) is 16.2. The van der Waals surface area contributed by atoms with E-state index in [-0.39, 0.29) is 18.5 Å². The summed E-state index contributed by atoms with van der Waals surface area (Å²) in [6, 6.07) is 13.2. The molecule has 4 rings (SSSR count). The molecule has 0 saturated carbocycles. The zero-order chi connectivity index (χ0) is 20.4. The molecule has 0 aromatic heterocycles. The lowest BCUT2D eigenvalue weighted by Crippen LogP contribution is -2.30. The summed E-state index contributed by atoms with van der Waals surface area (Å²) in [5.41, 5.74) is 3.01. The summed E-state index contributed by atoms with van der Waals surface area (Å²) in [6.07, 6.45) is 2.17. The van der Waals surface area contributed by atoms with Gasteiger partial charge in [0, 0.05) is 12.2 Å². The van der Waals surface area contributed by atoms with E-state index < -0.39 is 0 Å². The molecule has 1 amide bonds. The molecule has 0 aliphatic carbocycles. The average Bonchev–Trinajstić information content (AvgIpc) is 3.27. The fraction of sp³-hybridized carbons (Fsp3) is 0.227. The van der Waals surface area contributed by atoms with Crippen molar-refractivity contribution in [3.63, 3.8) is 0 Å². The van der Waals surface area contributed by atoms with Gasteiger partial charge in [0.15, 0.2) is 16.7 Å². The highest BCUT2D eigenvalue weighted by molar-refractivity contribution is 8.14. The standard InChI is InChI=1S/C22H20N2O4S/c1-14-3-6-17(7-4-14)24-21(26)18(23-22(24)29-10-9-15(2)25)11-16-5-8-19-20(12-16)28-13-27-19/h3-8,11-12H,9-10,13H2,1-2H3/b18-11-. The lowest BCUT2D eigenvalue weighted by molar-refractivity contribution is -0.116. The van der Waals surface area contributed by atoms with Crippen LogP contribution in [0.15, 0.2) is 53.2 Å². The molecule has 7 heteroatoms. The molecule has 29 heavy (non-hydrogen) atoms. The maximum absolute atomic E-state index is 13.1.